The highest BCUT2D eigenvalue weighted by atomic mass is 16.5. The molecular weight excluding hydrogens is 336 g/mol. The minimum absolute atomic E-state index is 0.187. The average molecular weight is 364 g/mol. The molecule has 0 bridgehead atoms. The van der Waals surface area contributed by atoms with E-state index in [0.29, 0.717) is 25.9 Å². The van der Waals surface area contributed by atoms with E-state index in [2.05, 4.69) is 20.2 Å². The summed E-state index contributed by atoms with van der Waals surface area (Å²) in [6, 6.07) is -0.928. The lowest BCUT2D eigenvalue weighted by atomic mass is 9.95. The predicted octanol–water partition coefficient (Wildman–Crippen LogP) is 1.47. The fraction of sp³-hybridized carbons (Fsp3) is 0.667. The Labute approximate surface area is 154 Å². The van der Waals surface area contributed by atoms with Gasteiger partial charge < -0.3 is 20.1 Å². The molecular formula is C18H28N4O4. The summed E-state index contributed by atoms with van der Waals surface area (Å²) in [7, 11) is 0. The quantitative estimate of drug-likeness (QED) is 0.755. The molecule has 1 aliphatic heterocycles. The van der Waals surface area contributed by atoms with Crippen molar-refractivity contribution in [2.45, 2.75) is 51.7 Å². The van der Waals surface area contributed by atoms with Gasteiger partial charge in [0.05, 0.1) is 11.8 Å². The average Bonchev–Trinajstić information content (AvgIpc) is 2.60. The van der Waals surface area contributed by atoms with Gasteiger partial charge in [-0.25, -0.2) is 9.78 Å². The van der Waals surface area contributed by atoms with Gasteiger partial charge in [0.2, 0.25) is 5.91 Å². The number of piperidine rings is 1. The van der Waals surface area contributed by atoms with Gasteiger partial charge in [-0.15, -0.1) is 0 Å². The SMILES string of the molecule is CC(C)(C)OCCC(NC(=O)C1CCN(c2cnccn2)CC1)C(=O)O. The number of carboxylic acid groups (broad SMARTS) is 1. The van der Waals surface area contributed by atoms with Crippen molar-refractivity contribution in [2.24, 2.45) is 5.92 Å². The fourth-order valence-electron chi connectivity index (χ4n) is 2.86. The molecule has 1 aliphatic rings. The molecule has 26 heavy (non-hydrogen) atoms. The maximum atomic E-state index is 12.5. The van der Waals surface area contributed by atoms with Crippen LogP contribution in [0.15, 0.2) is 18.6 Å². The summed E-state index contributed by atoms with van der Waals surface area (Å²) in [4.78, 5) is 34.3. The van der Waals surface area contributed by atoms with Crippen LogP contribution in [-0.4, -0.2) is 58.3 Å². The molecule has 2 heterocycles. The molecule has 0 radical (unpaired) electrons. The number of nitrogens with zero attached hydrogens (tertiary/aromatic N) is 3. The van der Waals surface area contributed by atoms with Crippen LogP contribution >= 0.6 is 0 Å². The fourth-order valence-corrected chi connectivity index (χ4v) is 2.86. The summed E-state index contributed by atoms with van der Waals surface area (Å²) in [6.07, 6.45) is 6.54. The largest absolute Gasteiger partial charge is 0.480 e. The zero-order valence-electron chi connectivity index (χ0n) is 15.6. The monoisotopic (exact) mass is 364 g/mol. The van der Waals surface area contributed by atoms with Crippen LogP contribution in [0.25, 0.3) is 0 Å². The minimum Gasteiger partial charge on any atom is -0.480 e. The Hall–Kier alpha value is -2.22. The van der Waals surface area contributed by atoms with E-state index in [1.165, 1.54) is 0 Å². The number of carbonyl (C=O) groups is 2. The molecule has 1 aromatic rings. The first-order chi connectivity index (χ1) is 12.3. The molecule has 144 valence electrons. The second kappa shape index (κ2) is 8.93. The number of ether oxygens (including phenoxy) is 1. The van der Waals surface area contributed by atoms with Crippen molar-refractivity contribution in [3.8, 4) is 0 Å². The lowest BCUT2D eigenvalue weighted by molar-refractivity contribution is -0.143. The van der Waals surface area contributed by atoms with Gasteiger partial charge in [0, 0.05) is 44.4 Å². The van der Waals surface area contributed by atoms with Crippen molar-refractivity contribution in [2.75, 3.05) is 24.6 Å². The predicted molar refractivity (Wildman–Crippen MR) is 96.9 cm³/mol. The Morgan fingerprint density at radius 1 is 1.35 bits per heavy atom. The van der Waals surface area contributed by atoms with Crippen LogP contribution in [0.2, 0.25) is 0 Å². The number of carboxylic acids is 1. The van der Waals surface area contributed by atoms with Gasteiger partial charge in [-0.05, 0) is 33.6 Å². The first-order valence-corrected chi connectivity index (χ1v) is 8.94. The number of aliphatic carboxylic acids is 1. The third-order valence-electron chi connectivity index (χ3n) is 4.30. The number of hydrogen-bond acceptors (Lipinski definition) is 6. The highest BCUT2D eigenvalue weighted by molar-refractivity contribution is 5.85. The van der Waals surface area contributed by atoms with Gasteiger partial charge in [-0.3, -0.25) is 9.78 Å². The van der Waals surface area contributed by atoms with Crippen molar-refractivity contribution < 1.29 is 19.4 Å². The highest BCUT2D eigenvalue weighted by Crippen LogP contribution is 2.21. The zero-order chi connectivity index (χ0) is 19.2. The minimum atomic E-state index is -1.03. The zero-order valence-corrected chi connectivity index (χ0v) is 15.6. The van der Waals surface area contributed by atoms with Crippen molar-refractivity contribution in [3.05, 3.63) is 18.6 Å². The number of amides is 1. The van der Waals surface area contributed by atoms with Crippen molar-refractivity contribution in [1.82, 2.24) is 15.3 Å². The number of hydrogen-bond donors (Lipinski definition) is 2. The molecule has 0 aliphatic carbocycles. The van der Waals surface area contributed by atoms with Crippen molar-refractivity contribution in [1.29, 1.82) is 0 Å². The van der Waals surface area contributed by atoms with E-state index in [4.69, 9.17) is 4.74 Å². The summed E-state index contributed by atoms with van der Waals surface area (Å²) in [5.41, 5.74) is -0.333. The summed E-state index contributed by atoms with van der Waals surface area (Å²) < 4.78 is 5.57. The Morgan fingerprint density at radius 2 is 2.04 bits per heavy atom. The number of nitrogens with one attached hydrogen (secondary N) is 1. The van der Waals surface area contributed by atoms with Gasteiger partial charge in [-0.1, -0.05) is 0 Å². The molecule has 2 N–H and O–H groups in total. The van der Waals surface area contributed by atoms with Gasteiger partial charge in [0.1, 0.15) is 11.9 Å². The van der Waals surface area contributed by atoms with Gasteiger partial charge in [0.15, 0.2) is 0 Å². The Kier molecular flexibility index (Phi) is 6.90. The molecule has 8 nitrogen and oxygen atoms in total. The van der Waals surface area contributed by atoms with Crippen molar-refractivity contribution in [3.63, 3.8) is 0 Å². The second-order valence-corrected chi connectivity index (χ2v) is 7.47. The molecule has 1 atom stereocenters. The van der Waals surface area contributed by atoms with Crippen LogP contribution in [0.5, 0.6) is 0 Å². The molecule has 1 unspecified atom stereocenters. The normalized spacial score (nSPS) is 17.0. The van der Waals surface area contributed by atoms with Crippen LogP contribution < -0.4 is 10.2 Å². The van der Waals surface area contributed by atoms with E-state index in [9.17, 15) is 14.7 Å². The Bertz CT molecular complexity index is 595. The van der Waals surface area contributed by atoms with Gasteiger partial charge in [0.25, 0.3) is 0 Å². The van der Waals surface area contributed by atoms with Gasteiger partial charge in [-0.2, -0.15) is 0 Å². The van der Waals surface area contributed by atoms with Crippen LogP contribution in [0.1, 0.15) is 40.0 Å². The van der Waals surface area contributed by atoms with Crippen LogP contribution in [0.4, 0.5) is 5.82 Å². The standard InChI is InChI=1S/C18H28N4O4/c1-18(2,3)26-11-6-14(17(24)25)21-16(23)13-4-9-22(10-5-13)15-12-19-7-8-20-15/h7-8,12-14H,4-6,9-11H2,1-3H3,(H,21,23)(H,24,25). The van der Waals surface area contributed by atoms with Crippen LogP contribution in [0.3, 0.4) is 0 Å². The first kappa shape index (κ1) is 20.1. The number of anilines is 1. The number of carbonyl (C=O) groups excluding carboxylic acids is 1. The lowest BCUT2D eigenvalue weighted by Gasteiger charge is -2.32. The lowest BCUT2D eigenvalue weighted by Crippen LogP contribution is -2.47. The maximum Gasteiger partial charge on any atom is 0.326 e. The molecule has 2 rings (SSSR count). The van der Waals surface area contributed by atoms with E-state index >= 15 is 0 Å². The molecule has 0 saturated carbocycles. The highest BCUT2D eigenvalue weighted by Gasteiger charge is 2.29. The Morgan fingerprint density at radius 3 is 2.58 bits per heavy atom. The first-order valence-electron chi connectivity index (χ1n) is 8.94. The molecule has 1 fully saturated rings. The maximum absolute atomic E-state index is 12.5. The Balaban J connectivity index is 1.81. The topological polar surface area (TPSA) is 105 Å². The molecule has 0 aromatic carbocycles. The molecule has 1 saturated heterocycles. The van der Waals surface area contributed by atoms with E-state index in [-0.39, 0.29) is 30.5 Å². The molecule has 8 heteroatoms. The van der Waals surface area contributed by atoms with E-state index in [1.807, 2.05) is 20.8 Å². The summed E-state index contributed by atoms with van der Waals surface area (Å²) in [5, 5.41) is 12.0. The third-order valence-corrected chi connectivity index (χ3v) is 4.30. The van der Waals surface area contributed by atoms with Crippen LogP contribution in [0, 0.1) is 5.92 Å². The summed E-state index contributed by atoms with van der Waals surface area (Å²) >= 11 is 0. The van der Waals surface area contributed by atoms with E-state index in [0.717, 1.165) is 5.82 Å². The van der Waals surface area contributed by atoms with Crippen LogP contribution in [-0.2, 0) is 14.3 Å². The second-order valence-electron chi connectivity index (χ2n) is 7.47. The van der Waals surface area contributed by atoms with Gasteiger partial charge >= 0.3 is 5.97 Å². The number of aromatic nitrogens is 2. The van der Waals surface area contributed by atoms with E-state index in [1.54, 1.807) is 18.6 Å². The molecule has 1 amide bonds. The van der Waals surface area contributed by atoms with E-state index < -0.39 is 12.0 Å². The number of rotatable bonds is 7. The van der Waals surface area contributed by atoms with Crippen molar-refractivity contribution >= 4 is 17.7 Å². The third kappa shape index (κ3) is 6.25. The summed E-state index contributed by atoms with van der Waals surface area (Å²) in [5.74, 6) is -0.623. The molecule has 1 aromatic heterocycles. The summed E-state index contributed by atoms with van der Waals surface area (Å²) in [6.45, 7) is 7.40. The smallest absolute Gasteiger partial charge is 0.326 e. The molecule has 0 spiro atoms.